The van der Waals surface area contributed by atoms with E-state index in [9.17, 15) is 24.8 Å². The van der Waals surface area contributed by atoms with Gasteiger partial charge in [-0.15, -0.1) is 0 Å². The molecule has 0 saturated carbocycles. The first-order valence-electron chi connectivity index (χ1n) is 7.38. The van der Waals surface area contributed by atoms with Crippen molar-refractivity contribution in [1.29, 1.82) is 0 Å². The number of ether oxygens (including phenoxy) is 1. The number of hydrogen-bond donors (Lipinski definition) is 3. The smallest absolute Gasteiger partial charge is 0.337 e. The summed E-state index contributed by atoms with van der Waals surface area (Å²) < 4.78 is 6.20. The summed E-state index contributed by atoms with van der Waals surface area (Å²) >= 11 is 11.5. The molecule has 0 heterocycles. The lowest BCUT2D eigenvalue weighted by molar-refractivity contribution is -0.384. The van der Waals surface area contributed by atoms with E-state index < -0.39 is 23.4 Å². The highest BCUT2D eigenvalue weighted by Crippen LogP contribution is 2.30. The number of thiocarbonyl (C=S) groups is 1. The van der Waals surface area contributed by atoms with Crippen LogP contribution in [-0.4, -0.2) is 33.6 Å². The number of rotatable bonds is 6. The van der Waals surface area contributed by atoms with Crippen LogP contribution in [0.4, 0.5) is 11.4 Å². The van der Waals surface area contributed by atoms with Gasteiger partial charge >= 0.3 is 5.97 Å². The van der Waals surface area contributed by atoms with Crippen molar-refractivity contribution < 1.29 is 24.4 Å². The fourth-order valence-electron chi connectivity index (χ4n) is 1.99. The lowest BCUT2D eigenvalue weighted by Crippen LogP contribution is -2.37. The van der Waals surface area contributed by atoms with Crippen LogP contribution < -0.4 is 15.4 Å². The van der Waals surface area contributed by atoms with Crippen molar-refractivity contribution in [3.05, 3.63) is 61.0 Å². The predicted molar refractivity (Wildman–Crippen MR) is 112 cm³/mol. The van der Waals surface area contributed by atoms with Crippen molar-refractivity contribution in [3.63, 3.8) is 0 Å². The van der Waals surface area contributed by atoms with E-state index in [2.05, 4.69) is 42.5 Å². The Morgan fingerprint density at radius 1 is 1.21 bits per heavy atom. The molecule has 0 aliphatic heterocycles. The second kappa shape index (κ2) is 9.57. The van der Waals surface area contributed by atoms with Gasteiger partial charge < -0.3 is 15.2 Å². The van der Waals surface area contributed by atoms with E-state index in [0.29, 0.717) is 8.95 Å². The molecule has 28 heavy (non-hydrogen) atoms. The number of nitrogens with zero attached hydrogens (tertiary/aromatic N) is 1. The number of nitro benzene ring substituents is 1. The zero-order valence-corrected chi connectivity index (χ0v) is 17.8. The van der Waals surface area contributed by atoms with Gasteiger partial charge in [-0.1, -0.05) is 15.9 Å². The van der Waals surface area contributed by atoms with Crippen molar-refractivity contribution in [2.75, 3.05) is 11.9 Å². The van der Waals surface area contributed by atoms with Crippen molar-refractivity contribution in [1.82, 2.24) is 5.32 Å². The summed E-state index contributed by atoms with van der Waals surface area (Å²) in [5, 5.41) is 24.8. The predicted octanol–water partition coefficient (Wildman–Crippen LogP) is 3.71. The summed E-state index contributed by atoms with van der Waals surface area (Å²) in [5.74, 6) is -1.51. The number of carboxylic acid groups (broad SMARTS) is 1. The first-order valence-corrected chi connectivity index (χ1v) is 9.37. The maximum atomic E-state index is 11.9. The molecular formula is C16H11Br2N3O6S. The Balaban J connectivity index is 1.95. The van der Waals surface area contributed by atoms with Crippen LogP contribution >= 0.6 is 44.1 Å². The second-order valence-electron chi connectivity index (χ2n) is 5.16. The zero-order valence-electron chi connectivity index (χ0n) is 13.8. The average Bonchev–Trinajstić information content (AvgIpc) is 2.62. The Labute approximate surface area is 180 Å². The van der Waals surface area contributed by atoms with Crippen LogP contribution in [0.1, 0.15) is 10.4 Å². The largest absolute Gasteiger partial charge is 0.484 e. The number of hydrogen-bond acceptors (Lipinski definition) is 6. The van der Waals surface area contributed by atoms with Crippen LogP contribution in [0, 0.1) is 10.1 Å². The minimum atomic E-state index is -1.18. The zero-order chi connectivity index (χ0) is 20.8. The van der Waals surface area contributed by atoms with E-state index in [-0.39, 0.29) is 27.8 Å². The molecule has 0 aromatic heterocycles. The number of benzene rings is 2. The normalized spacial score (nSPS) is 10.1. The van der Waals surface area contributed by atoms with Crippen molar-refractivity contribution >= 4 is 72.4 Å². The molecule has 3 N–H and O–H groups in total. The number of aromatic carboxylic acids is 1. The third kappa shape index (κ3) is 5.97. The van der Waals surface area contributed by atoms with E-state index in [1.54, 1.807) is 6.07 Å². The minimum Gasteiger partial charge on any atom is -0.484 e. The molecule has 1 amide bonds. The molecule has 0 fully saturated rings. The molecule has 12 heteroatoms. The van der Waals surface area contributed by atoms with Crippen molar-refractivity contribution in [2.24, 2.45) is 0 Å². The van der Waals surface area contributed by atoms with Gasteiger partial charge in [-0.25, -0.2) is 4.79 Å². The standard InChI is InChI=1S/C16H11Br2N3O6S/c17-8-5-11(15(23)24)14(12(18)6-8)20-16(28)19-13(22)7-27-10-3-1-9(2-4-10)21(25)26/h1-6H,7H2,(H,23,24)(H2,19,20,22,28). The molecule has 146 valence electrons. The van der Waals surface area contributed by atoms with E-state index in [4.69, 9.17) is 17.0 Å². The van der Waals surface area contributed by atoms with Crippen LogP contribution in [0.2, 0.25) is 0 Å². The van der Waals surface area contributed by atoms with Gasteiger partial charge in [-0.05, 0) is 52.4 Å². The molecule has 2 rings (SSSR count). The number of carbonyl (C=O) groups excluding carboxylic acids is 1. The lowest BCUT2D eigenvalue weighted by Gasteiger charge is -2.14. The molecule has 0 bridgehead atoms. The third-order valence-corrected chi connectivity index (χ3v) is 4.48. The number of amides is 1. The Hall–Kier alpha value is -2.57. The van der Waals surface area contributed by atoms with E-state index in [0.717, 1.165) is 0 Å². The second-order valence-corrected chi connectivity index (χ2v) is 7.34. The Morgan fingerprint density at radius 3 is 2.43 bits per heavy atom. The number of halogens is 2. The summed E-state index contributed by atoms with van der Waals surface area (Å²) in [5.41, 5.74) is 0.0220. The van der Waals surface area contributed by atoms with Gasteiger partial charge in [0.05, 0.1) is 16.2 Å². The van der Waals surface area contributed by atoms with Gasteiger partial charge in [-0.2, -0.15) is 0 Å². The first-order chi connectivity index (χ1) is 13.2. The molecule has 0 radical (unpaired) electrons. The number of nitrogens with one attached hydrogen (secondary N) is 2. The monoisotopic (exact) mass is 531 g/mol. The Kier molecular flexibility index (Phi) is 7.43. The summed E-state index contributed by atoms with van der Waals surface area (Å²) in [7, 11) is 0. The summed E-state index contributed by atoms with van der Waals surface area (Å²) in [6.45, 7) is -0.396. The van der Waals surface area contributed by atoms with Gasteiger partial charge in [0.15, 0.2) is 11.7 Å². The SMILES string of the molecule is O=C(COc1ccc([N+](=O)[O-])cc1)NC(=S)Nc1c(Br)cc(Br)cc1C(=O)O. The summed E-state index contributed by atoms with van der Waals surface area (Å²) in [4.78, 5) is 33.4. The molecule has 0 unspecified atom stereocenters. The summed E-state index contributed by atoms with van der Waals surface area (Å²) in [6.07, 6.45) is 0. The summed E-state index contributed by atoms with van der Waals surface area (Å²) in [6, 6.07) is 8.23. The molecule has 2 aromatic rings. The molecule has 0 aliphatic rings. The number of nitro groups is 1. The number of carbonyl (C=O) groups is 2. The van der Waals surface area contributed by atoms with E-state index in [1.165, 1.54) is 30.3 Å². The van der Waals surface area contributed by atoms with Gasteiger partial charge in [0.2, 0.25) is 0 Å². The van der Waals surface area contributed by atoms with E-state index in [1.807, 2.05) is 0 Å². The molecule has 0 atom stereocenters. The van der Waals surface area contributed by atoms with Gasteiger partial charge in [0.1, 0.15) is 5.75 Å². The third-order valence-electron chi connectivity index (χ3n) is 3.19. The van der Waals surface area contributed by atoms with Crippen LogP contribution in [0.25, 0.3) is 0 Å². The minimum absolute atomic E-state index is 0.0556. The number of non-ortho nitro benzene ring substituents is 1. The van der Waals surface area contributed by atoms with Gasteiger partial charge in [-0.3, -0.25) is 20.2 Å². The Bertz CT molecular complexity index is 952. The topological polar surface area (TPSA) is 131 Å². The molecule has 2 aromatic carbocycles. The van der Waals surface area contributed by atoms with Gasteiger partial charge in [0, 0.05) is 21.1 Å². The number of anilines is 1. The highest BCUT2D eigenvalue weighted by Gasteiger charge is 2.17. The van der Waals surface area contributed by atoms with Crippen LogP contribution in [0.5, 0.6) is 5.75 Å². The highest BCUT2D eigenvalue weighted by atomic mass is 79.9. The average molecular weight is 533 g/mol. The maximum Gasteiger partial charge on any atom is 0.337 e. The van der Waals surface area contributed by atoms with Crippen molar-refractivity contribution in [3.8, 4) is 5.75 Å². The Morgan fingerprint density at radius 2 is 1.86 bits per heavy atom. The fraction of sp³-hybridized carbons (Fsp3) is 0.0625. The van der Waals surface area contributed by atoms with Crippen LogP contribution in [-0.2, 0) is 4.79 Å². The first kappa shape index (κ1) is 21.7. The molecule has 0 saturated heterocycles. The molecule has 0 aliphatic carbocycles. The van der Waals surface area contributed by atoms with Gasteiger partial charge in [0.25, 0.3) is 11.6 Å². The molecule has 0 spiro atoms. The highest BCUT2D eigenvalue weighted by molar-refractivity contribution is 9.11. The van der Waals surface area contributed by atoms with Crippen molar-refractivity contribution in [2.45, 2.75) is 0 Å². The maximum absolute atomic E-state index is 11.9. The molecule has 9 nitrogen and oxygen atoms in total. The van der Waals surface area contributed by atoms with E-state index >= 15 is 0 Å². The molecular weight excluding hydrogens is 522 g/mol. The lowest BCUT2D eigenvalue weighted by atomic mass is 10.2. The van der Waals surface area contributed by atoms with Crippen LogP contribution in [0.15, 0.2) is 45.3 Å². The van der Waals surface area contributed by atoms with Crippen LogP contribution in [0.3, 0.4) is 0 Å². The number of carboxylic acids is 1. The fourth-order valence-corrected chi connectivity index (χ4v) is 3.53. The quantitative estimate of drug-likeness (QED) is 0.291.